The monoisotopic (exact) mass is 236 g/mol. The molecule has 96 valence electrons. The van der Waals surface area contributed by atoms with Gasteiger partial charge in [-0.1, -0.05) is 41.5 Å². The summed E-state index contributed by atoms with van der Waals surface area (Å²) in [6.45, 7) is 14.1. The maximum absolute atomic E-state index is 10.5. The summed E-state index contributed by atoms with van der Waals surface area (Å²) < 4.78 is 0. The summed E-state index contributed by atoms with van der Waals surface area (Å²) in [5.74, 6) is 0.581. The van der Waals surface area contributed by atoms with E-state index >= 15 is 0 Å². The first-order chi connectivity index (χ1) is 7.46. The summed E-state index contributed by atoms with van der Waals surface area (Å²) in [6, 6.07) is 1.68. The lowest BCUT2D eigenvalue weighted by Crippen LogP contribution is -2.18. The molecule has 0 amide bonds. The SMILES string of the molecule is Cc1c(O)cc(C(C)(C)C)c(O)c1C(C)(C)C. The summed E-state index contributed by atoms with van der Waals surface area (Å²) in [5.41, 5.74) is 2.03. The Hall–Kier alpha value is -1.18. The molecular weight excluding hydrogens is 212 g/mol. The van der Waals surface area contributed by atoms with Gasteiger partial charge in [-0.25, -0.2) is 0 Å². The highest BCUT2D eigenvalue weighted by Crippen LogP contribution is 2.43. The molecule has 2 nitrogen and oxygen atoms in total. The van der Waals surface area contributed by atoms with Crippen molar-refractivity contribution in [2.75, 3.05) is 0 Å². The van der Waals surface area contributed by atoms with E-state index in [9.17, 15) is 10.2 Å². The number of aromatic hydroxyl groups is 2. The highest BCUT2D eigenvalue weighted by atomic mass is 16.3. The van der Waals surface area contributed by atoms with Gasteiger partial charge in [0.15, 0.2) is 0 Å². The molecule has 0 aromatic heterocycles. The number of phenols is 2. The summed E-state index contributed by atoms with van der Waals surface area (Å²) in [7, 11) is 0. The van der Waals surface area contributed by atoms with Crippen LogP contribution in [0.3, 0.4) is 0 Å². The molecule has 0 atom stereocenters. The van der Waals surface area contributed by atoms with E-state index in [1.165, 1.54) is 0 Å². The second-order valence-electron chi connectivity index (χ2n) is 6.79. The van der Waals surface area contributed by atoms with Crippen LogP contribution in [0.25, 0.3) is 0 Å². The first-order valence-corrected chi connectivity index (χ1v) is 6.02. The molecule has 1 aromatic rings. The molecule has 0 unspecified atom stereocenters. The Labute approximate surface area is 104 Å². The van der Waals surface area contributed by atoms with Crippen molar-refractivity contribution in [1.82, 2.24) is 0 Å². The summed E-state index contributed by atoms with van der Waals surface area (Å²) in [4.78, 5) is 0. The van der Waals surface area contributed by atoms with Crippen molar-refractivity contribution in [2.45, 2.75) is 59.3 Å². The standard InChI is InChI=1S/C15H24O2/c1-9-11(16)8-10(14(2,3)4)13(17)12(9)15(5,6)7/h8,16-17H,1-7H3. The van der Waals surface area contributed by atoms with Gasteiger partial charge in [-0.15, -0.1) is 0 Å². The lowest BCUT2D eigenvalue weighted by molar-refractivity contribution is 0.409. The zero-order valence-corrected chi connectivity index (χ0v) is 12.0. The Kier molecular flexibility index (Phi) is 3.21. The van der Waals surface area contributed by atoms with Crippen molar-refractivity contribution in [2.24, 2.45) is 0 Å². The second-order valence-corrected chi connectivity index (χ2v) is 6.79. The van der Waals surface area contributed by atoms with Gasteiger partial charge >= 0.3 is 0 Å². The summed E-state index contributed by atoms with van der Waals surface area (Å²) >= 11 is 0. The molecule has 0 bridgehead atoms. The number of hydrogen-bond donors (Lipinski definition) is 2. The second kappa shape index (κ2) is 3.94. The van der Waals surface area contributed by atoms with E-state index in [1.807, 2.05) is 48.5 Å². The molecule has 0 radical (unpaired) electrons. The van der Waals surface area contributed by atoms with Crippen LogP contribution in [-0.2, 0) is 10.8 Å². The molecule has 2 N–H and O–H groups in total. The third-order valence-corrected chi connectivity index (χ3v) is 3.09. The van der Waals surface area contributed by atoms with Crippen LogP contribution in [0.15, 0.2) is 6.07 Å². The first kappa shape index (κ1) is 13.9. The van der Waals surface area contributed by atoms with Gasteiger partial charge < -0.3 is 10.2 Å². The average Bonchev–Trinajstić information content (AvgIpc) is 2.07. The van der Waals surface area contributed by atoms with Gasteiger partial charge in [-0.05, 0) is 29.4 Å². The smallest absolute Gasteiger partial charge is 0.123 e. The van der Waals surface area contributed by atoms with Gasteiger partial charge in [0.1, 0.15) is 11.5 Å². The van der Waals surface area contributed by atoms with Gasteiger partial charge in [-0.3, -0.25) is 0 Å². The average molecular weight is 236 g/mol. The molecule has 0 aliphatic rings. The predicted octanol–water partition coefficient (Wildman–Crippen LogP) is 4.00. The van der Waals surface area contributed by atoms with Crippen LogP contribution in [0.4, 0.5) is 0 Å². The van der Waals surface area contributed by atoms with Crippen molar-refractivity contribution in [1.29, 1.82) is 0 Å². The van der Waals surface area contributed by atoms with Crippen molar-refractivity contribution in [3.05, 3.63) is 22.8 Å². The van der Waals surface area contributed by atoms with E-state index in [2.05, 4.69) is 0 Å². The van der Waals surface area contributed by atoms with Crippen LogP contribution in [0.5, 0.6) is 11.5 Å². The highest BCUT2D eigenvalue weighted by Gasteiger charge is 2.28. The summed E-state index contributed by atoms with van der Waals surface area (Å²) in [6.07, 6.45) is 0. The quantitative estimate of drug-likeness (QED) is 0.668. The van der Waals surface area contributed by atoms with Gasteiger partial charge in [0.05, 0.1) is 0 Å². The van der Waals surface area contributed by atoms with Gasteiger partial charge in [0.25, 0.3) is 0 Å². The zero-order valence-electron chi connectivity index (χ0n) is 12.0. The topological polar surface area (TPSA) is 40.5 Å². The largest absolute Gasteiger partial charge is 0.508 e. The van der Waals surface area contributed by atoms with E-state index in [0.29, 0.717) is 5.75 Å². The molecule has 1 aromatic carbocycles. The third kappa shape index (κ3) is 2.56. The minimum absolute atomic E-state index is 0.185. The van der Waals surface area contributed by atoms with Crippen molar-refractivity contribution < 1.29 is 10.2 Å². The Morgan fingerprint density at radius 1 is 0.882 bits per heavy atom. The predicted molar refractivity (Wildman–Crippen MR) is 71.9 cm³/mol. The van der Waals surface area contributed by atoms with Gasteiger partial charge in [-0.2, -0.15) is 0 Å². The molecule has 2 heteroatoms. The van der Waals surface area contributed by atoms with Gasteiger partial charge in [0, 0.05) is 11.1 Å². The molecule has 0 fully saturated rings. The number of benzene rings is 1. The van der Waals surface area contributed by atoms with Crippen LogP contribution in [0, 0.1) is 6.92 Å². The van der Waals surface area contributed by atoms with Crippen molar-refractivity contribution >= 4 is 0 Å². The molecule has 0 spiro atoms. The van der Waals surface area contributed by atoms with E-state index in [-0.39, 0.29) is 16.6 Å². The van der Waals surface area contributed by atoms with Crippen LogP contribution >= 0.6 is 0 Å². The molecule has 0 heterocycles. The maximum atomic E-state index is 10.5. The van der Waals surface area contributed by atoms with Crippen LogP contribution < -0.4 is 0 Å². The van der Waals surface area contributed by atoms with Crippen molar-refractivity contribution in [3.63, 3.8) is 0 Å². The number of rotatable bonds is 0. The number of hydrogen-bond acceptors (Lipinski definition) is 2. The molecular formula is C15H24O2. The number of phenolic OH excluding ortho intramolecular Hbond substituents is 2. The van der Waals surface area contributed by atoms with E-state index in [0.717, 1.165) is 16.7 Å². The lowest BCUT2D eigenvalue weighted by Gasteiger charge is -2.29. The molecule has 0 aliphatic carbocycles. The normalized spacial score (nSPS) is 12.9. The lowest BCUT2D eigenvalue weighted by atomic mass is 9.77. The highest BCUT2D eigenvalue weighted by molar-refractivity contribution is 5.56. The molecule has 1 rings (SSSR count). The third-order valence-electron chi connectivity index (χ3n) is 3.09. The zero-order chi connectivity index (χ0) is 13.6. The Bertz CT molecular complexity index is 432. The van der Waals surface area contributed by atoms with Gasteiger partial charge in [0.2, 0.25) is 0 Å². The Morgan fingerprint density at radius 3 is 1.71 bits per heavy atom. The van der Waals surface area contributed by atoms with Crippen molar-refractivity contribution in [3.8, 4) is 11.5 Å². The van der Waals surface area contributed by atoms with Crippen LogP contribution in [0.1, 0.15) is 58.2 Å². The summed E-state index contributed by atoms with van der Waals surface area (Å²) in [5, 5.41) is 20.5. The van der Waals surface area contributed by atoms with E-state index < -0.39 is 0 Å². The maximum Gasteiger partial charge on any atom is 0.123 e. The first-order valence-electron chi connectivity index (χ1n) is 6.02. The Balaban J connectivity index is 3.67. The van der Waals surface area contributed by atoms with E-state index in [4.69, 9.17) is 0 Å². The van der Waals surface area contributed by atoms with E-state index in [1.54, 1.807) is 6.07 Å². The van der Waals surface area contributed by atoms with Crippen LogP contribution in [0.2, 0.25) is 0 Å². The fraction of sp³-hybridized carbons (Fsp3) is 0.600. The molecule has 0 saturated carbocycles. The minimum atomic E-state index is -0.188. The molecule has 0 aliphatic heterocycles. The fourth-order valence-electron chi connectivity index (χ4n) is 2.24. The fourth-order valence-corrected chi connectivity index (χ4v) is 2.24. The minimum Gasteiger partial charge on any atom is -0.508 e. The Morgan fingerprint density at radius 2 is 1.35 bits per heavy atom. The molecule has 0 saturated heterocycles. The molecule has 17 heavy (non-hydrogen) atoms. The van der Waals surface area contributed by atoms with Crippen LogP contribution in [-0.4, -0.2) is 10.2 Å².